The van der Waals surface area contributed by atoms with Crippen LogP contribution >= 0.6 is 12.4 Å². The van der Waals surface area contributed by atoms with Crippen molar-refractivity contribution in [3.8, 4) is 17.2 Å². The highest BCUT2D eigenvalue weighted by Crippen LogP contribution is 2.19. The van der Waals surface area contributed by atoms with Gasteiger partial charge in [0, 0.05) is 24.5 Å². The zero-order valence-electron chi connectivity index (χ0n) is 12.9. The van der Waals surface area contributed by atoms with E-state index >= 15 is 0 Å². The third-order valence-electron chi connectivity index (χ3n) is 3.23. The van der Waals surface area contributed by atoms with Crippen LogP contribution < -0.4 is 10.2 Å². The molecule has 120 valence electrons. The van der Waals surface area contributed by atoms with E-state index in [1.54, 1.807) is 17.7 Å². The molecule has 0 saturated heterocycles. The lowest BCUT2D eigenvalue weighted by Gasteiger charge is -2.13. The summed E-state index contributed by atoms with van der Waals surface area (Å²) in [6, 6.07) is 8.88. The van der Waals surface area contributed by atoms with Crippen LogP contribution in [0.2, 0.25) is 0 Å². The van der Waals surface area contributed by atoms with E-state index in [-0.39, 0.29) is 23.6 Å². The van der Waals surface area contributed by atoms with E-state index in [0.717, 1.165) is 18.0 Å². The highest BCUT2D eigenvalue weighted by atomic mass is 35.5. The molecule has 0 fully saturated rings. The molecule has 0 bridgehead atoms. The Hall–Kier alpha value is -1.98. The molecule has 22 heavy (non-hydrogen) atoms. The van der Waals surface area contributed by atoms with Crippen LogP contribution in [0.25, 0.3) is 5.69 Å². The van der Waals surface area contributed by atoms with Gasteiger partial charge in [0.25, 0.3) is 0 Å². The number of aromatic hydroxyl groups is 1. The summed E-state index contributed by atoms with van der Waals surface area (Å²) in [6.07, 6.45) is 1.65. The summed E-state index contributed by atoms with van der Waals surface area (Å²) in [5.74, 6) is 0.576. The summed E-state index contributed by atoms with van der Waals surface area (Å²) < 4.78 is 7.39. The fraction of sp³-hybridized carbons (Fsp3) is 0.312. The Kier molecular flexibility index (Phi) is 6.46. The Bertz CT molecular complexity index is 666. The molecule has 6 heteroatoms. The van der Waals surface area contributed by atoms with E-state index in [0.29, 0.717) is 12.3 Å². The van der Waals surface area contributed by atoms with Crippen molar-refractivity contribution in [3.05, 3.63) is 52.4 Å². The number of pyridine rings is 1. The lowest BCUT2D eigenvalue weighted by Crippen LogP contribution is -2.19. The second kappa shape index (κ2) is 7.87. The number of hydrogen-bond donors (Lipinski definition) is 1. The van der Waals surface area contributed by atoms with E-state index in [9.17, 15) is 9.90 Å². The predicted octanol–water partition coefficient (Wildman–Crippen LogP) is 2.21. The van der Waals surface area contributed by atoms with E-state index in [2.05, 4.69) is 4.90 Å². The minimum Gasteiger partial charge on any atom is -0.503 e. The molecule has 0 aliphatic heterocycles. The molecular weight excluding hydrogens is 304 g/mol. The van der Waals surface area contributed by atoms with Gasteiger partial charge in [0.1, 0.15) is 12.4 Å². The number of halogens is 1. The van der Waals surface area contributed by atoms with Crippen LogP contribution in [-0.4, -0.2) is 41.8 Å². The third kappa shape index (κ3) is 4.26. The van der Waals surface area contributed by atoms with Crippen LogP contribution in [0.15, 0.2) is 41.3 Å². The molecule has 1 heterocycles. The molecule has 5 nitrogen and oxygen atoms in total. The van der Waals surface area contributed by atoms with E-state index in [1.165, 1.54) is 6.07 Å². The van der Waals surface area contributed by atoms with Crippen molar-refractivity contribution in [2.75, 3.05) is 27.2 Å². The second-order valence-corrected chi connectivity index (χ2v) is 5.13. The maximum absolute atomic E-state index is 11.4. The first-order valence-corrected chi connectivity index (χ1v) is 6.78. The third-order valence-corrected chi connectivity index (χ3v) is 3.23. The Morgan fingerprint density at radius 1 is 1.18 bits per heavy atom. The van der Waals surface area contributed by atoms with Crippen molar-refractivity contribution in [1.29, 1.82) is 0 Å². The number of benzene rings is 1. The molecule has 0 radical (unpaired) electrons. The predicted molar refractivity (Wildman–Crippen MR) is 89.7 cm³/mol. The lowest BCUT2D eigenvalue weighted by molar-refractivity contribution is 0.261. The van der Waals surface area contributed by atoms with Crippen LogP contribution in [-0.2, 0) is 0 Å². The van der Waals surface area contributed by atoms with Gasteiger partial charge < -0.3 is 19.3 Å². The first kappa shape index (κ1) is 18.1. The average Bonchev–Trinajstić information content (AvgIpc) is 2.46. The minimum absolute atomic E-state index is 0. The smallest absolute Gasteiger partial charge is 0.223 e. The van der Waals surface area contributed by atoms with Crippen LogP contribution in [0.1, 0.15) is 5.69 Å². The van der Waals surface area contributed by atoms with E-state index in [4.69, 9.17) is 4.74 Å². The molecule has 0 spiro atoms. The highest BCUT2D eigenvalue weighted by molar-refractivity contribution is 5.85. The summed E-state index contributed by atoms with van der Waals surface area (Å²) in [6.45, 7) is 3.19. The Labute approximate surface area is 136 Å². The monoisotopic (exact) mass is 324 g/mol. The quantitative estimate of drug-likeness (QED) is 0.916. The molecule has 0 aliphatic carbocycles. The Balaban J connectivity index is 0.00000242. The molecule has 0 saturated carbocycles. The van der Waals surface area contributed by atoms with E-state index in [1.807, 2.05) is 38.4 Å². The van der Waals surface area contributed by atoms with Gasteiger partial charge in [-0.2, -0.15) is 0 Å². The molecule has 0 unspecified atom stereocenters. The van der Waals surface area contributed by atoms with Gasteiger partial charge in [0.2, 0.25) is 5.43 Å². The van der Waals surface area contributed by atoms with Crippen LogP contribution in [0.5, 0.6) is 11.5 Å². The van der Waals surface area contributed by atoms with Crippen LogP contribution in [0, 0.1) is 6.92 Å². The number of hydrogen-bond acceptors (Lipinski definition) is 4. The topological polar surface area (TPSA) is 54.7 Å². The molecule has 0 amide bonds. The molecule has 0 atom stereocenters. The van der Waals surface area contributed by atoms with Crippen molar-refractivity contribution in [3.63, 3.8) is 0 Å². The maximum atomic E-state index is 11.4. The highest BCUT2D eigenvalue weighted by Gasteiger charge is 2.06. The van der Waals surface area contributed by atoms with Crippen molar-refractivity contribution >= 4 is 12.4 Å². The zero-order valence-corrected chi connectivity index (χ0v) is 13.8. The molecule has 1 aromatic heterocycles. The summed E-state index contributed by atoms with van der Waals surface area (Å²) in [7, 11) is 4.00. The summed E-state index contributed by atoms with van der Waals surface area (Å²) in [5.41, 5.74) is 1.01. The molecule has 0 aliphatic rings. The molecular formula is C16H21ClN2O3. The van der Waals surface area contributed by atoms with Crippen molar-refractivity contribution in [2.24, 2.45) is 0 Å². The van der Waals surface area contributed by atoms with Gasteiger partial charge in [0.05, 0.1) is 5.69 Å². The van der Waals surface area contributed by atoms with Crippen LogP contribution in [0.3, 0.4) is 0 Å². The first-order valence-electron chi connectivity index (χ1n) is 6.78. The van der Waals surface area contributed by atoms with Gasteiger partial charge in [-0.15, -0.1) is 12.4 Å². The van der Waals surface area contributed by atoms with Gasteiger partial charge in [-0.1, -0.05) is 0 Å². The number of aromatic nitrogens is 1. The molecule has 2 aromatic rings. The summed E-state index contributed by atoms with van der Waals surface area (Å²) in [5, 5.41) is 9.71. The fourth-order valence-electron chi connectivity index (χ4n) is 1.95. The second-order valence-electron chi connectivity index (χ2n) is 5.13. The van der Waals surface area contributed by atoms with Gasteiger partial charge in [-0.05, 0) is 45.3 Å². The minimum atomic E-state index is -0.368. The SMILES string of the molecule is Cc1c(O)c(=O)ccn1-c1ccc(OCCN(C)C)cc1.Cl. The molecule has 1 aromatic carbocycles. The summed E-state index contributed by atoms with van der Waals surface area (Å²) >= 11 is 0. The van der Waals surface area contributed by atoms with Crippen molar-refractivity contribution < 1.29 is 9.84 Å². The number of rotatable bonds is 5. The fourth-order valence-corrected chi connectivity index (χ4v) is 1.95. The zero-order chi connectivity index (χ0) is 15.4. The molecule has 1 N–H and O–H groups in total. The Morgan fingerprint density at radius 2 is 1.82 bits per heavy atom. The normalized spacial score (nSPS) is 10.4. The largest absolute Gasteiger partial charge is 0.503 e. The summed E-state index contributed by atoms with van der Waals surface area (Å²) in [4.78, 5) is 13.4. The number of likely N-dealkylation sites (N-methyl/N-ethyl adjacent to an activating group) is 1. The van der Waals surface area contributed by atoms with E-state index < -0.39 is 0 Å². The number of ether oxygens (including phenoxy) is 1. The van der Waals surface area contributed by atoms with Gasteiger partial charge >= 0.3 is 0 Å². The van der Waals surface area contributed by atoms with Crippen molar-refractivity contribution in [2.45, 2.75) is 6.92 Å². The average molecular weight is 325 g/mol. The van der Waals surface area contributed by atoms with Gasteiger partial charge in [-0.25, -0.2) is 0 Å². The van der Waals surface area contributed by atoms with Crippen molar-refractivity contribution in [1.82, 2.24) is 9.47 Å². The van der Waals surface area contributed by atoms with Crippen LogP contribution in [0.4, 0.5) is 0 Å². The lowest BCUT2D eigenvalue weighted by atomic mass is 10.2. The molecule has 2 rings (SSSR count). The number of nitrogens with zero attached hydrogens (tertiary/aromatic N) is 2. The maximum Gasteiger partial charge on any atom is 0.223 e. The van der Waals surface area contributed by atoms with Gasteiger partial charge in [-0.3, -0.25) is 4.79 Å². The Morgan fingerprint density at radius 3 is 2.41 bits per heavy atom. The van der Waals surface area contributed by atoms with Gasteiger partial charge in [0.15, 0.2) is 5.75 Å². The standard InChI is InChI=1S/C16H20N2O3.ClH/c1-12-16(20)15(19)8-9-18(12)13-4-6-14(7-5-13)21-11-10-17(2)3;/h4-9,20H,10-11H2,1-3H3;1H. The first-order chi connectivity index (χ1) is 9.99.